The van der Waals surface area contributed by atoms with Crippen molar-refractivity contribution in [3.05, 3.63) is 48.0 Å². The van der Waals surface area contributed by atoms with Gasteiger partial charge in [0.05, 0.1) is 12.0 Å². The number of aromatic nitrogens is 2. The van der Waals surface area contributed by atoms with Crippen molar-refractivity contribution in [2.45, 2.75) is 18.9 Å². The average molecular weight is 386 g/mol. The molecule has 0 fully saturated rings. The van der Waals surface area contributed by atoms with Crippen LogP contribution in [0, 0.1) is 0 Å². The van der Waals surface area contributed by atoms with Crippen molar-refractivity contribution in [1.82, 2.24) is 20.6 Å². The lowest BCUT2D eigenvalue weighted by molar-refractivity contribution is -0.123. The number of rotatable bonds is 6. The summed E-state index contributed by atoms with van der Waals surface area (Å²) in [6, 6.07) is 9.91. The van der Waals surface area contributed by atoms with E-state index in [2.05, 4.69) is 44.7 Å². The second-order valence-electron chi connectivity index (χ2n) is 5.81. The Hall–Kier alpha value is -1.76. The number of halogens is 2. The van der Waals surface area contributed by atoms with Gasteiger partial charge in [0.15, 0.2) is 0 Å². The lowest BCUT2D eigenvalue weighted by Crippen LogP contribution is -2.42. The van der Waals surface area contributed by atoms with Crippen LogP contribution in [0.3, 0.4) is 0 Å². The third-order valence-corrected chi connectivity index (χ3v) is 4.18. The monoisotopic (exact) mass is 385 g/mol. The highest BCUT2D eigenvalue weighted by Crippen LogP contribution is 2.19. The molecule has 2 heterocycles. The average Bonchev–Trinajstić information content (AvgIpc) is 3.07. The summed E-state index contributed by atoms with van der Waals surface area (Å²) in [7, 11) is 2.07. The minimum atomic E-state index is -0.336. The van der Waals surface area contributed by atoms with Gasteiger partial charge in [-0.05, 0) is 18.6 Å². The van der Waals surface area contributed by atoms with Crippen LogP contribution in [0.25, 0.3) is 0 Å². The van der Waals surface area contributed by atoms with Crippen LogP contribution in [0.5, 0.6) is 0 Å². The molecule has 0 saturated heterocycles. The molecule has 1 atom stereocenters. The van der Waals surface area contributed by atoms with Crippen LogP contribution in [0.4, 0.5) is 5.69 Å². The number of imidazole rings is 1. The topological polar surface area (TPSA) is 73.1 Å². The van der Waals surface area contributed by atoms with Gasteiger partial charge in [-0.3, -0.25) is 4.79 Å². The highest BCUT2D eigenvalue weighted by atomic mass is 35.5. The Balaban J connectivity index is 0.00000156. The van der Waals surface area contributed by atoms with Gasteiger partial charge in [0, 0.05) is 44.5 Å². The van der Waals surface area contributed by atoms with Gasteiger partial charge in [-0.25, -0.2) is 4.98 Å². The summed E-state index contributed by atoms with van der Waals surface area (Å²) in [6.45, 7) is 2.36. The molecule has 3 rings (SSSR count). The van der Waals surface area contributed by atoms with E-state index in [1.165, 1.54) is 5.69 Å². The minimum absolute atomic E-state index is 0. The van der Waals surface area contributed by atoms with E-state index in [0.717, 1.165) is 37.3 Å². The molecule has 0 spiro atoms. The van der Waals surface area contributed by atoms with Crippen LogP contribution in [0.1, 0.15) is 23.9 Å². The molecule has 0 radical (unpaired) electrons. The van der Waals surface area contributed by atoms with Gasteiger partial charge >= 0.3 is 0 Å². The molecule has 1 aromatic heterocycles. The summed E-state index contributed by atoms with van der Waals surface area (Å²) in [4.78, 5) is 21.9. The molecule has 0 bridgehead atoms. The van der Waals surface area contributed by atoms with Gasteiger partial charge in [0.25, 0.3) is 0 Å². The zero-order valence-corrected chi connectivity index (χ0v) is 15.8. The second-order valence-corrected chi connectivity index (χ2v) is 5.81. The van der Waals surface area contributed by atoms with E-state index < -0.39 is 0 Å². The summed E-state index contributed by atoms with van der Waals surface area (Å²) in [5.41, 5.74) is 3.08. The smallest absolute Gasteiger partial charge is 0.243 e. The van der Waals surface area contributed by atoms with Gasteiger partial charge < -0.3 is 20.5 Å². The number of fused-ring (bicyclic) bond motifs is 1. The van der Waals surface area contributed by atoms with Gasteiger partial charge in [0.2, 0.25) is 5.91 Å². The molecule has 2 aromatic rings. The SMILES string of the molecule is CN(CCCNC(=O)C1NCCc2[nH]cnc21)c1ccccc1.Cl.Cl. The van der Waals surface area contributed by atoms with Crippen LogP contribution in [-0.2, 0) is 11.2 Å². The standard InChI is InChI=1S/C17H23N5O.2ClH/c1-22(13-6-3-2-4-7-13)11-5-9-19-17(23)16-15-14(8-10-18-16)20-12-21-15;;/h2-4,6-7,12,16,18H,5,8-11H2,1H3,(H,19,23)(H,20,21);2*1H. The predicted octanol–water partition coefficient (Wildman–Crippen LogP) is 2.08. The van der Waals surface area contributed by atoms with E-state index >= 15 is 0 Å². The fourth-order valence-corrected chi connectivity index (χ4v) is 2.88. The molecule has 25 heavy (non-hydrogen) atoms. The Morgan fingerprint density at radius 3 is 2.84 bits per heavy atom. The Bertz CT molecular complexity index is 649. The van der Waals surface area contributed by atoms with Gasteiger partial charge in [-0.2, -0.15) is 0 Å². The Morgan fingerprint density at radius 2 is 2.08 bits per heavy atom. The fraction of sp³-hybridized carbons (Fsp3) is 0.412. The van der Waals surface area contributed by atoms with E-state index in [1.807, 2.05) is 18.2 Å². The van der Waals surface area contributed by atoms with Crippen LogP contribution in [0.2, 0.25) is 0 Å². The third-order valence-electron chi connectivity index (χ3n) is 4.18. The summed E-state index contributed by atoms with van der Waals surface area (Å²) in [6.07, 6.45) is 3.45. The summed E-state index contributed by atoms with van der Waals surface area (Å²) >= 11 is 0. The first-order valence-electron chi connectivity index (χ1n) is 8.05. The molecule has 1 aliphatic heterocycles. The van der Waals surface area contributed by atoms with Crippen LogP contribution in [-0.4, -0.2) is 42.6 Å². The number of aromatic amines is 1. The molecule has 8 heteroatoms. The van der Waals surface area contributed by atoms with E-state index in [9.17, 15) is 4.79 Å². The fourth-order valence-electron chi connectivity index (χ4n) is 2.88. The van der Waals surface area contributed by atoms with E-state index in [0.29, 0.717) is 6.54 Å². The number of hydrogen-bond donors (Lipinski definition) is 3. The second kappa shape index (κ2) is 10.3. The molecule has 0 aliphatic carbocycles. The normalized spacial score (nSPS) is 15.3. The minimum Gasteiger partial charge on any atom is -0.375 e. The molecule has 0 saturated carbocycles. The highest BCUT2D eigenvalue weighted by molar-refractivity contribution is 5.85. The van der Waals surface area contributed by atoms with Crippen molar-refractivity contribution in [3.63, 3.8) is 0 Å². The summed E-state index contributed by atoms with van der Waals surface area (Å²) in [5.74, 6) is 0.000383. The largest absolute Gasteiger partial charge is 0.375 e. The summed E-state index contributed by atoms with van der Waals surface area (Å²) < 4.78 is 0. The molecule has 6 nitrogen and oxygen atoms in total. The first-order chi connectivity index (χ1) is 11.3. The number of para-hydroxylation sites is 1. The van der Waals surface area contributed by atoms with Crippen molar-refractivity contribution in [3.8, 4) is 0 Å². The first-order valence-corrected chi connectivity index (χ1v) is 8.05. The number of benzene rings is 1. The molecular weight excluding hydrogens is 361 g/mol. The Labute approximate surface area is 160 Å². The van der Waals surface area contributed by atoms with Crippen molar-refractivity contribution in [2.75, 3.05) is 31.6 Å². The van der Waals surface area contributed by atoms with Crippen molar-refractivity contribution >= 4 is 36.4 Å². The van der Waals surface area contributed by atoms with Gasteiger partial charge in [-0.1, -0.05) is 18.2 Å². The number of carbonyl (C=O) groups excluding carboxylic acids is 1. The van der Waals surface area contributed by atoms with Crippen LogP contribution in [0.15, 0.2) is 36.7 Å². The van der Waals surface area contributed by atoms with Crippen molar-refractivity contribution in [1.29, 1.82) is 0 Å². The first kappa shape index (κ1) is 21.3. The van der Waals surface area contributed by atoms with E-state index in [-0.39, 0.29) is 36.8 Å². The molecule has 1 aromatic carbocycles. The van der Waals surface area contributed by atoms with Crippen LogP contribution >= 0.6 is 24.8 Å². The predicted molar refractivity (Wildman–Crippen MR) is 105 cm³/mol. The third kappa shape index (κ3) is 5.36. The van der Waals surface area contributed by atoms with E-state index in [1.54, 1.807) is 6.33 Å². The molecule has 138 valence electrons. The Kier molecular flexibility index (Phi) is 8.75. The van der Waals surface area contributed by atoms with E-state index in [4.69, 9.17) is 0 Å². The maximum Gasteiger partial charge on any atom is 0.243 e. The molecule has 1 amide bonds. The zero-order chi connectivity index (χ0) is 16.1. The molecule has 3 N–H and O–H groups in total. The Morgan fingerprint density at radius 1 is 1.32 bits per heavy atom. The van der Waals surface area contributed by atoms with Crippen molar-refractivity contribution in [2.24, 2.45) is 0 Å². The number of carbonyl (C=O) groups is 1. The van der Waals surface area contributed by atoms with Crippen molar-refractivity contribution < 1.29 is 4.79 Å². The lowest BCUT2D eigenvalue weighted by Gasteiger charge is -2.23. The maximum absolute atomic E-state index is 12.3. The molecule has 1 unspecified atom stereocenters. The number of anilines is 1. The number of hydrogen-bond acceptors (Lipinski definition) is 4. The number of nitrogens with zero attached hydrogens (tertiary/aromatic N) is 2. The van der Waals surface area contributed by atoms with Crippen LogP contribution < -0.4 is 15.5 Å². The number of amides is 1. The van der Waals surface area contributed by atoms with Gasteiger partial charge in [-0.15, -0.1) is 24.8 Å². The quantitative estimate of drug-likeness (QED) is 0.665. The summed E-state index contributed by atoms with van der Waals surface area (Å²) in [5, 5.41) is 6.24. The number of nitrogens with one attached hydrogen (secondary N) is 3. The number of H-pyrrole nitrogens is 1. The zero-order valence-electron chi connectivity index (χ0n) is 14.2. The van der Waals surface area contributed by atoms with Gasteiger partial charge in [0.1, 0.15) is 6.04 Å². The highest BCUT2D eigenvalue weighted by Gasteiger charge is 2.27. The molecular formula is C17H25Cl2N5O. The maximum atomic E-state index is 12.3. The lowest BCUT2D eigenvalue weighted by atomic mass is 10.1. The molecule has 1 aliphatic rings.